The lowest BCUT2D eigenvalue weighted by atomic mass is 9.63. The lowest BCUT2D eigenvalue weighted by molar-refractivity contribution is 0.142. The summed E-state index contributed by atoms with van der Waals surface area (Å²) >= 11 is 2.12. The first kappa shape index (κ1) is 13.4. The van der Waals surface area contributed by atoms with Crippen molar-refractivity contribution < 1.29 is 4.39 Å². The van der Waals surface area contributed by atoms with Crippen molar-refractivity contribution in [3.8, 4) is 0 Å². The molecule has 2 fully saturated rings. The minimum atomic E-state index is -0.132. The van der Waals surface area contributed by atoms with E-state index >= 15 is 0 Å². The van der Waals surface area contributed by atoms with Crippen molar-refractivity contribution >= 4 is 11.8 Å². The zero-order valence-electron chi connectivity index (χ0n) is 11.5. The third kappa shape index (κ3) is 2.43. The number of hydrogen-bond donors (Lipinski definition) is 1. The fourth-order valence-electron chi connectivity index (χ4n) is 3.91. The van der Waals surface area contributed by atoms with Crippen molar-refractivity contribution in [1.29, 1.82) is 0 Å². The first-order valence-corrected chi connectivity index (χ1v) is 8.35. The Morgan fingerprint density at radius 3 is 2.79 bits per heavy atom. The van der Waals surface area contributed by atoms with Gasteiger partial charge in [-0.3, -0.25) is 0 Å². The Labute approximate surface area is 119 Å². The molecule has 0 saturated carbocycles. The minimum absolute atomic E-state index is 0.132. The highest BCUT2D eigenvalue weighted by Crippen LogP contribution is 2.53. The molecule has 2 aliphatic heterocycles. The molecule has 0 bridgehead atoms. The van der Waals surface area contributed by atoms with Gasteiger partial charge in [-0.15, -0.1) is 0 Å². The van der Waals surface area contributed by atoms with Gasteiger partial charge in [0.25, 0.3) is 0 Å². The first-order chi connectivity index (χ1) is 9.22. The Hall–Kier alpha value is -0.540. The molecule has 3 heteroatoms. The molecule has 1 aromatic rings. The maximum Gasteiger partial charge on any atom is 0.123 e. The summed E-state index contributed by atoms with van der Waals surface area (Å²) in [5.41, 5.74) is 1.72. The van der Waals surface area contributed by atoms with Gasteiger partial charge in [0.05, 0.1) is 0 Å². The van der Waals surface area contributed by atoms with Gasteiger partial charge in [-0.25, -0.2) is 4.39 Å². The highest BCUT2D eigenvalue weighted by Gasteiger charge is 2.46. The topological polar surface area (TPSA) is 12.0 Å². The van der Waals surface area contributed by atoms with E-state index in [0.29, 0.717) is 16.6 Å². The van der Waals surface area contributed by atoms with E-state index in [-0.39, 0.29) is 5.82 Å². The third-order valence-corrected chi connectivity index (χ3v) is 6.54. The summed E-state index contributed by atoms with van der Waals surface area (Å²) in [5.74, 6) is 1.70. The van der Waals surface area contributed by atoms with E-state index in [9.17, 15) is 4.39 Å². The average molecular weight is 279 g/mol. The molecule has 3 rings (SSSR count). The van der Waals surface area contributed by atoms with E-state index in [1.165, 1.54) is 30.6 Å². The molecule has 1 spiro atoms. The molecule has 1 aromatic carbocycles. The monoisotopic (exact) mass is 279 g/mol. The van der Waals surface area contributed by atoms with Crippen LogP contribution in [-0.2, 0) is 0 Å². The normalized spacial score (nSPS) is 35.5. The van der Waals surface area contributed by atoms with E-state index in [0.717, 1.165) is 13.1 Å². The van der Waals surface area contributed by atoms with E-state index in [1.807, 2.05) is 12.1 Å². The van der Waals surface area contributed by atoms with E-state index in [1.54, 1.807) is 12.1 Å². The van der Waals surface area contributed by atoms with Crippen LogP contribution in [0.5, 0.6) is 0 Å². The standard InChI is InChI=1S/C16H22FNS/c1-12-16(7-2-10-19-12)8-9-18-11-15(16)13-3-5-14(17)6-4-13/h3-6,12,15,18H,2,7-11H2,1H3. The number of halogens is 1. The highest BCUT2D eigenvalue weighted by molar-refractivity contribution is 7.99. The Kier molecular flexibility index (Phi) is 3.86. The van der Waals surface area contributed by atoms with Crippen molar-refractivity contribution in [2.24, 2.45) is 5.41 Å². The van der Waals surface area contributed by atoms with Gasteiger partial charge < -0.3 is 5.32 Å². The molecule has 2 aliphatic rings. The molecule has 2 saturated heterocycles. The van der Waals surface area contributed by atoms with Gasteiger partial charge in [-0.2, -0.15) is 11.8 Å². The second-order valence-corrected chi connectivity index (χ2v) is 7.36. The number of rotatable bonds is 1. The van der Waals surface area contributed by atoms with Crippen molar-refractivity contribution in [3.05, 3.63) is 35.6 Å². The predicted molar refractivity (Wildman–Crippen MR) is 80.2 cm³/mol. The van der Waals surface area contributed by atoms with Crippen molar-refractivity contribution in [1.82, 2.24) is 5.32 Å². The summed E-state index contributed by atoms with van der Waals surface area (Å²) < 4.78 is 13.1. The molecule has 0 aromatic heterocycles. The van der Waals surface area contributed by atoms with Gasteiger partial charge in [0.15, 0.2) is 0 Å². The molecule has 0 radical (unpaired) electrons. The van der Waals surface area contributed by atoms with E-state index in [2.05, 4.69) is 24.0 Å². The lowest BCUT2D eigenvalue weighted by Gasteiger charge is -2.51. The first-order valence-electron chi connectivity index (χ1n) is 7.30. The maximum atomic E-state index is 13.1. The van der Waals surface area contributed by atoms with Crippen LogP contribution in [0.4, 0.5) is 4.39 Å². The van der Waals surface area contributed by atoms with Gasteiger partial charge >= 0.3 is 0 Å². The minimum Gasteiger partial charge on any atom is -0.316 e. The summed E-state index contributed by atoms with van der Waals surface area (Å²) in [5, 5.41) is 4.24. The molecule has 0 aliphatic carbocycles. The van der Waals surface area contributed by atoms with Crippen LogP contribution in [0.3, 0.4) is 0 Å². The summed E-state index contributed by atoms with van der Waals surface area (Å²) in [6, 6.07) is 7.19. The van der Waals surface area contributed by atoms with Crippen molar-refractivity contribution in [3.63, 3.8) is 0 Å². The molecule has 104 valence electrons. The molecule has 2 heterocycles. The van der Waals surface area contributed by atoms with Crippen LogP contribution in [0.15, 0.2) is 24.3 Å². The zero-order chi connectivity index (χ0) is 13.3. The number of thioether (sulfide) groups is 1. The molecule has 3 unspecified atom stereocenters. The van der Waals surface area contributed by atoms with Crippen molar-refractivity contribution in [2.75, 3.05) is 18.8 Å². The summed E-state index contributed by atoms with van der Waals surface area (Å²) in [4.78, 5) is 0. The lowest BCUT2D eigenvalue weighted by Crippen LogP contribution is -2.49. The quantitative estimate of drug-likeness (QED) is 0.839. The number of piperidine rings is 1. The van der Waals surface area contributed by atoms with Gasteiger partial charge in [0.2, 0.25) is 0 Å². The third-order valence-electron chi connectivity index (χ3n) is 5.05. The van der Waals surface area contributed by atoms with Crippen LogP contribution in [0.25, 0.3) is 0 Å². The second kappa shape index (κ2) is 5.45. The van der Waals surface area contributed by atoms with Crippen molar-refractivity contribution in [2.45, 2.75) is 37.4 Å². The molecule has 19 heavy (non-hydrogen) atoms. The molecule has 3 atom stereocenters. The molecule has 1 nitrogen and oxygen atoms in total. The largest absolute Gasteiger partial charge is 0.316 e. The molecular formula is C16H22FNS. The Balaban J connectivity index is 1.94. The van der Waals surface area contributed by atoms with E-state index < -0.39 is 0 Å². The van der Waals surface area contributed by atoms with Crippen LogP contribution in [-0.4, -0.2) is 24.1 Å². The van der Waals surface area contributed by atoms with E-state index in [4.69, 9.17) is 0 Å². The second-order valence-electron chi connectivity index (χ2n) is 5.91. The molecule has 0 amide bonds. The van der Waals surface area contributed by atoms with Gasteiger partial charge in [0, 0.05) is 17.7 Å². The number of nitrogens with one attached hydrogen (secondary N) is 1. The number of hydrogen-bond acceptors (Lipinski definition) is 2. The summed E-state index contributed by atoms with van der Waals surface area (Å²) in [7, 11) is 0. The smallest absolute Gasteiger partial charge is 0.123 e. The number of benzene rings is 1. The molecular weight excluding hydrogens is 257 g/mol. The predicted octanol–water partition coefficient (Wildman–Crippen LogP) is 3.80. The highest BCUT2D eigenvalue weighted by atomic mass is 32.2. The van der Waals surface area contributed by atoms with Gasteiger partial charge in [-0.05, 0) is 54.7 Å². The van der Waals surface area contributed by atoms with Gasteiger partial charge in [0.1, 0.15) is 5.82 Å². The summed E-state index contributed by atoms with van der Waals surface area (Å²) in [6.07, 6.45) is 3.90. The van der Waals surface area contributed by atoms with Crippen LogP contribution in [0.1, 0.15) is 37.7 Å². The van der Waals surface area contributed by atoms with Crippen LogP contribution in [0, 0.1) is 11.2 Å². The average Bonchev–Trinajstić information content (AvgIpc) is 2.44. The van der Waals surface area contributed by atoms with Crippen LogP contribution < -0.4 is 5.32 Å². The molecule has 1 N–H and O–H groups in total. The van der Waals surface area contributed by atoms with Crippen LogP contribution in [0.2, 0.25) is 0 Å². The fourth-order valence-corrected chi connectivity index (χ4v) is 5.30. The van der Waals surface area contributed by atoms with Crippen LogP contribution >= 0.6 is 11.8 Å². The summed E-state index contributed by atoms with van der Waals surface area (Å²) in [6.45, 7) is 4.56. The SMILES string of the molecule is CC1SCCCC12CCNCC2c1ccc(F)cc1. The Morgan fingerprint density at radius 1 is 1.26 bits per heavy atom. The zero-order valence-corrected chi connectivity index (χ0v) is 12.3. The van der Waals surface area contributed by atoms with Gasteiger partial charge in [-0.1, -0.05) is 19.1 Å². The maximum absolute atomic E-state index is 13.1. The Morgan fingerprint density at radius 2 is 2.05 bits per heavy atom. The fraction of sp³-hybridized carbons (Fsp3) is 0.625. The Bertz CT molecular complexity index is 427.